The van der Waals surface area contributed by atoms with Crippen molar-refractivity contribution < 1.29 is 24.5 Å². The van der Waals surface area contributed by atoms with Crippen LogP contribution >= 0.6 is 0 Å². The molecule has 6 nitrogen and oxygen atoms in total. The van der Waals surface area contributed by atoms with Crippen LogP contribution in [0.3, 0.4) is 0 Å². The fourth-order valence-corrected chi connectivity index (χ4v) is 1.95. The predicted octanol–water partition coefficient (Wildman–Crippen LogP) is 1.22. The zero-order valence-corrected chi connectivity index (χ0v) is 11.3. The van der Waals surface area contributed by atoms with Gasteiger partial charge >= 0.3 is 12.1 Å². The molecule has 1 rings (SSSR count). The summed E-state index contributed by atoms with van der Waals surface area (Å²) in [7, 11) is 0. The highest BCUT2D eigenvalue weighted by Crippen LogP contribution is 2.31. The van der Waals surface area contributed by atoms with Crippen LogP contribution in [0.15, 0.2) is 0 Å². The van der Waals surface area contributed by atoms with Crippen molar-refractivity contribution in [3.8, 4) is 0 Å². The lowest BCUT2D eigenvalue weighted by Crippen LogP contribution is -2.44. The fraction of sp³-hybridized carbons (Fsp3) is 0.833. The Hall–Kier alpha value is -1.30. The first-order valence-electron chi connectivity index (χ1n) is 6.03. The standard InChI is InChI=1S/C12H21NO5/c1-5-12(17)6-8(9(14)15)13(7-12)10(16)18-11(2,3)4/h8,17H,5-7H2,1-4H3,(H,14,15)/t8-,12-/m1/s1. The van der Waals surface area contributed by atoms with Gasteiger partial charge in [-0.1, -0.05) is 6.92 Å². The average Bonchev–Trinajstić information content (AvgIpc) is 2.55. The number of carboxylic acids is 1. The zero-order valence-electron chi connectivity index (χ0n) is 11.3. The van der Waals surface area contributed by atoms with Crippen molar-refractivity contribution in [2.75, 3.05) is 6.54 Å². The maximum absolute atomic E-state index is 11.9. The number of ether oxygens (including phenoxy) is 1. The molecule has 0 spiro atoms. The first-order valence-corrected chi connectivity index (χ1v) is 6.03. The summed E-state index contributed by atoms with van der Waals surface area (Å²) in [4.78, 5) is 24.1. The van der Waals surface area contributed by atoms with E-state index in [9.17, 15) is 14.7 Å². The quantitative estimate of drug-likeness (QED) is 0.778. The number of β-amino-alcohol motifs (C(OH)–C–C–N with tert-alkyl or cyclic N) is 1. The molecule has 0 saturated carbocycles. The minimum Gasteiger partial charge on any atom is -0.480 e. The van der Waals surface area contributed by atoms with E-state index in [1.807, 2.05) is 0 Å². The third-order valence-electron chi connectivity index (χ3n) is 2.99. The van der Waals surface area contributed by atoms with Gasteiger partial charge in [-0.05, 0) is 27.2 Å². The van der Waals surface area contributed by atoms with Gasteiger partial charge in [0.1, 0.15) is 11.6 Å². The Bertz CT molecular complexity index is 349. The molecule has 2 N–H and O–H groups in total. The van der Waals surface area contributed by atoms with E-state index >= 15 is 0 Å². The summed E-state index contributed by atoms with van der Waals surface area (Å²) in [5.41, 5.74) is -1.83. The lowest BCUT2D eigenvalue weighted by molar-refractivity contribution is -0.142. The molecule has 1 amide bonds. The van der Waals surface area contributed by atoms with Crippen molar-refractivity contribution in [2.24, 2.45) is 0 Å². The predicted molar refractivity (Wildman–Crippen MR) is 64.2 cm³/mol. The van der Waals surface area contributed by atoms with Crippen molar-refractivity contribution in [1.29, 1.82) is 0 Å². The van der Waals surface area contributed by atoms with E-state index in [0.717, 1.165) is 4.90 Å². The van der Waals surface area contributed by atoms with Crippen LogP contribution in [0, 0.1) is 0 Å². The highest BCUT2D eigenvalue weighted by Gasteiger charge is 2.48. The summed E-state index contributed by atoms with van der Waals surface area (Å²) >= 11 is 0. The van der Waals surface area contributed by atoms with E-state index in [1.54, 1.807) is 27.7 Å². The smallest absolute Gasteiger partial charge is 0.411 e. The number of aliphatic carboxylic acids is 1. The van der Waals surface area contributed by atoms with Crippen molar-refractivity contribution in [3.05, 3.63) is 0 Å². The highest BCUT2D eigenvalue weighted by atomic mass is 16.6. The third kappa shape index (κ3) is 3.35. The maximum Gasteiger partial charge on any atom is 0.411 e. The van der Waals surface area contributed by atoms with Crippen molar-refractivity contribution in [2.45, 2.75) is 57.8 Å². The summed E-state index contributed by atoms with van der Waals surface area (Å²) in [5.74, 6) is -1.12. The van der Waals surface area contributed by atoms with Crippen LogP contribution in [0.5, 0.6) is 0 Å². The highest BCUT2D eigenvalue weighted by molar-refractivity contribution is 5.81. The first kappa shape index (κ1) is 14.8. The van der Waals surface area contributed by atoms with E-state index < -0.39 is 29.3 Å². The molecule has 1 fully saturated rings. The van der Waals surface area contributed by atoms with E-state index in [0.29, 0.717) is 6.42 Å². The zero-order chi connectivity index (χ0) is 14.1. The van der Waals surface area contributed by atoms with Gasteiger partial charge in [-0.2, -0.15) is 0 Å². The Kier molecular flexibility index (Phi) is 3.90. The summed E-state index contributed by atoms with van der Waals surface area (Å²) in [5, 5.41) is 19.2. The molecule has 0 aromatic rings. The van der Waals surface area contributed by atoms with Crippen LogP contribution in [-0.4, -0.2) is 51.0 Å². The second kappa shape index (κ2) is 4.76. The number of carboxylic acid groups (broad SMARTS) is 1. The number of rotatable bonds is 2. The lowest BCUT2D eigenvalue weighted by Gasteiger charge is -2.27. The molecular formula is C12H21NO5. The van der Waals surface area contributed by atoms with Gasteiger partial charge in [-0.3, -0.25) is 4.90 Å². The van der Waals surface area contributed by atoms with Gasteiger partial charge < -0.3 is 14.9 Å². The number of carbonyl (C=O) groups excluding carboxylic acids is 1. The molecule has 0 bridgehead atoms. The Morgan fingerprint density at radius 3 is 2.39 bits per heavy atom. The number of hydrogen-bond acceptors (Lipinski definition) is 4. The van der Waals surface area contributed by atoms with Crippen LogP contribution in [0.1, 0.15) is 40.5 Å². The monoisotopic (exact) mass is 259 g/mol. The summed E-state index contributed by atoms with van der Waals surface area (Å²) in [6, 6.07) is -1.02. The number of aliphatic hydroxyl groups is 1. The number of nitrogens with zero attached hydrogens (tertiary/aromatic N) is 1. The van der Waals surface area contributed by atoms with E-state index in [2.05, 4.69) is 0 Å². The number of likely N-dealkylation sites (tertiary alicyclic amines) is 1. The molecule has 18 heavy (non-hydrogen) atoms. The molecule has 1 aliphatic rings. The van der Waals surface area contributed by atoms with Crippen LogP contribution < -0.4 is 0 Å². The molecule has 1 aliphatic heterocycles. The fourth-order valence-electron chi connectivity index (χ4n) is 1.95. The van der Waals surface area contributed by atoms with Crippen LogP contribution in [-0.2, 0) is 9.53 Å². The Morgan fingerprint density at radius 2 is 2.00 bits per heavy atom. The molecule has 1 heterocycles. The number of amides is 1. The normalized spacial score (nSPS) is 28.3. The maximum atomic E-state index is 11.9. The molecule has 0 aliphatic carbocycles. The van der Waals surface area contributed by atoms with Crippen LogP contribution in [0.25, 0.3) is 0 Å². The van der Waals surface area contributed by atoms with E-state index in [1.165, 1.54) is 0 Å². The second-order valence-electron chi connectivity index (χ2n) is 5.74. The van der Waals surface area contributed by atoms with Gasteiger partial charge in [0.2, 0.25) is 0 Å². The first-order chi connectivity index (χ1) is 8.08. The largest absolute Gasteiger partial charge is 0.480 e. The second-order valence-corrected chi connectivity index (χ2v) is 5.74. The van der Waals surface area contributed by atoms with Crippen LogP contribution in [0.4, 0.5) is 4.79 Å². The minimum atomic E-state index is -1.14. The molecule has 2 atom stereocenters. The number of carbonyl (C=O) groups is 2. The molecule has 0 unspecified atom stereocenters. The van der Waals surface area contributed by atoms with Gasteiger partial charge in [0.25, 0.3) is 0 Å². The molecular weight excluding hydrogens is 238 g/mol. The number of hydrogen-bond donors (Lipinski definition) is 2. The minimum absolute atomic E-state index is 0.00458. The van der Waals surface area contributed by atoms with Gasteiger partial charge in [0.05, 0.1) is 12.1 Å². The third-order valence-corrected chi connectivity index (χ3v) is 2.99. The lowest BCUT2D eigenvalue weighted by atomic mass is 9.97. The SMILES string of the molecule is CC[C@@]1(O)C[C@H](C(=O)O)N(C(=O)OC(C)(C)C)C1. The van der Waals surface area contributed by atoms with Crippen molar-refractivity contribution in [1.82, 2.24) is 4.90 Å². The Morgan fingerprint density at radius 1 is 1.44 bits per heavy atom. The Labute approximate surface area is 107 Å². The molecule has 0 aromatic carbocycles. The van der Waals surface area contributed by atoms with Crippen molar-refractivity contribution >= 4 is 12.1 Å². The van der Waals surface area contributed by atoms with Crippen molar-refractivity contribution in [3.63, 3.8) is 0 Å². The van der Waals surface area contributed by atoms with Gasteiger partial charge in [-0.15, -0.1) is 0 Å². The molecule has 6 heteroatoms. The van der Waals surface area contributed by atoms with E-state index in [-0.39, 0.29) is 13.0 Å². The molecule has 0 radical (unpaired) electrons. The molecule has 0 aromatic heterocycles. The van der Waals surface area contributed by atoms with Gasteiger partial charge in [0, 0.05) is 6.42 Å². The van der Waals surface area contributed by atoms with Gasteiger partial charge in [0.15, 0.2) is 0 Å². The topological polar surface area (TPSA) is 87.1 Å². The summed E-state index contributed by atoms with van der Waals surface area (Å²) in [6.45, 7) is 6.89. The van der Waals surface area contributed by atoms with Gasteiger partial charge in [-0.25, -0.2) is 9.59 Å². The Balaban J connectivity index is 2.85. The molecule has 104 valence electrons. The molecule has 1 saturated heterocycles. The average molecular weight is 259 g/mol. The summed E-state index contributed by atoms with van der Waals surface area (Å²) in [6.07, 6.45) is -0.256. The van der Waals surface area contributed by atoms with E-state index in [4.69, 9.17) is 9.84 Å². The van der Waals surface area contributed by atoms with Crippen LogP contribution in [0.2, 0.25) is 0 Å². The summed E-state index contributed by atoms with van der Waals surface area (Å²) < 4.78 is 5.15.